The number of carbonyl (C=O) groups excluding carboxylic acids is 1. The van der Waals surface area contributed by atoms with Crippen LogP contribution in [-0.4, -0.2) is 52.1 Å². The Kier molecular flexibility index (Phi) is 6.53. The van der Waals surface area contributed by atoms with E-state index in [4.69, 9.17) is 4.74 Å². The number of aromatic nitrogens is 3. The highest BCUT2D eigenvalue weighted by atomic mass is 16.5. The second-order valence-electron chi connectivity index (χ2n) is 8.77. The maximum Gasteiger partial charge on any atom is 0.256 e. The van der Waals surface area contributed by atoms with Crippen molar-refractivity contribution < 1.29 is 9.53 Å². The van der Waals surface area contributed by atoms with Crippen LogP contribution < -0.4 is 10.1 Å². The fourth-order valence-electron chi connectivity index (χ4n) is 4.55. The topological polar surface area (TPSA) is 71.8 Å². The van der Waals surface area contributed by atoms with Crippen molar-refractivity contribution in [3.63, 3.8) is 0 Å². The molecular weight excluding hydrogens is 426 g/mol. The highest BCUT2D eigenvalue weighted by molar-refractivity contribution is 5.99. The minimum absolute atomic E-state index is 0.117. The SMILES string of the molecule is COc1ccc(CN2CCC(CNC(=O)c3cnn4c(-c5ccccc5)ccnc34)CC2)cc1. The number of piperidine rings is 1. The van der Waals surface area contributed by atoms with Crippen LogP contribution in [0.3, 0.4) is 0 Å². The maximum absolute atomic E-state index is 12.9. The number of methoxy groups -OCH3 is 1. The fourth-order valence-corrected chi connectivity index (χ4v) is 4.55. The molecule has 34 heavy (non-hydrogen) atoms. The van der Waals surface area contributed by atoms with E-state index in [2.05, 4.69) is 32.4 Å². The van der Waals surface area contributed by atoms with E-state index in [0.29, 0.717) is 23.7 Å². The molecule has 0 atom stereocenters. The zero-order valence-electron chi connectivity index (χ0n) is 19.4. The van der Waals surface area contributed by atoms with Crippen molar-refractivity contribution in [2.75, 3.05) is 26.7 Å². The predicted molar refractivity (Wildman–Crippen MR) is 132 cm³/mol. The van der Waals surface area contributed by atoms with Crippen LogP contribution >= 0.6 is 0 Å². The highest BCUT2D eigenvalue weighted by Gasteiger charge is 2.21. The zero-order chi connectivity index (χ0) is 23.3. The average Bonchev–Trinajstić information content (AvgIpc) is 3.34. The molecule has 2 aromatic heterocycles. The first kappa shape index (κ1) is 22.1. The number of amides is 1. The summed E-state index contributed by atoms with van der Waals surface area (Å²) in [6.45, 7) is 3.68. The van der Waals surface area contributed by atoms with Crippen LogP contribution in [0.25, 0.3) is 16.9 Å². The number of hydrogen-bond donors (Lipinski definition) is 1. The molecule has 4 aromatic rings. The number of benzene rings is 2. The highest BCUT2D eigenvalue weighted by Crippen LogP contribution is 2.22. The normalized spacial score (nSPS) is 14.9. The summed E-state index contributed by atoms with van der Waals surface area (Å²) in [4.78, 5) is 19.8. The van der Waals surface area contributed by atoms with Gasteiger partial charge in [0.05, 0.1) is 19.0 Å². The second-order valence-corrected chi connectivity index (χ2v) is 8.77. The van der Waals surface area contributed by atoms with Crippen molar-refractivity contribution in [3.8, 4) is 17.0 Å². The average molecular weight is 456 g/mol. The molecule has 3 heterocycles. The molecule has 7 nitrogen and oxygen atoms in total. The van der Waals surface area contributed by atoms with Crippen molar-refractivity contribution in [1.29, 1.82) is 0 Å². The van der Waals surface area contributed by atoms with Crippen LogP contribution in [0, 0.1) is 5.92 Å². The summed E-state index contributed by atoms with van der Waals surface area (Å²) in [5.41, 5.74) is 4.33. The van der Waals surface area contributed by atoms with Gasteiger partial charge in [-0.2, -0.15) is 5.10 Å². The van der Waals surface area contributed by atoms with E-state index in [1.165, 1.54) is 5.56 Å². The lowest BCUT2D eigenvalue weighted by Crippen LogP contribution is -2.38. The van der Waals surface area contributed by atoms with E-state index < -0.39 is 0 Å². The first-order valence-corrected chi connectivity index (χ1v) is 11.7. The van der Waals surface area contributed by atoms with Gasteiger partial charge in [-0.1, -0.05) is 42.5 Å². The van der Waals surface area contributed by atoms with Crippen molar-refractivity contribution in [3.05, 3.63) is 84.2 Å². The van der Waals surface area contributed by atoms with Gasteiger partial charge < -0.3 is 10.1 Å². The Bertz CT molecular complexity index is 1250. The van der Waals surface area contributed by atoms with Crippen LogP contribution in [0.4, 0.5) is 0 Å². The third-order valence-electron chi connectivity index (χ3n) is 6.54. The van der Waals surface area contributed by atoms with Crippen LogP contribution in [0.2, 0.25) is 0 Å². The molecule has 2 aromatic carbocycles. The van der Waals surface area contributed by atoms with Crippen molar-refractivity contribution in [1.82, 2.24) is 24.8 Å². The quantitative estimate of drug-likeness (QED) is 0.455. The number of carbonyl (C=O) groups is 1. The molecule has 0 bridgehead atoms. The molecule has 0 saturated carbocycles. The van der Waals surface area contributed by atoms with Gasteiger partial charge in [0.1, 0.15) is 11.3 Å². The molecule has 7 heteroatoms. The standard InChI is InChI=1S/C27H29N5O2/c1-34-23-9-7-21(8-10-23)19-31-15-12-20(13-16-31)17-29-27(33)24-18-30-32-25(11-14-28-26(24)32)22-5-3-2-4-6-22/h2-11,14,18,20H,12-13,15-17,19H2,1H3,(H,29,33). The molecule has 0 unspecified atom stereocenters. The van der Waals surface area contributed by atoms with Gasteiger partial charge in [-0.3, -0.25) is 9.69 Å². The lowest BCUT2D eigenvalue weighted by atomic mass is 9.96. The minimum Gasteiger partial charge on any atom is -0.497 e. The summed E-state index contributed by atoms with van der Waals surface area (Å²) < 4.78 is 6.98. The number of ether oxygens (including phenoxy) is 1. The van der Waals surface area contributed by atoms with Gasteiger partial charge in [-0.05, 0) is 55.6 Å². The number of hydrogen-bond acceptors (Lipinski definition) is 5. The van der Waals surface area contributed by atoms with E-state index in [1.54, 1.807) is 24.0 Å². The molecule has 1 aliphatic rings. The van der Waals surface area contributed by atoms with Crippen molar-refractivity contribution in [2.45, 2.75) is 19.4 Å². The van der Waals surface area contributed by atoms with Crippen LogP contribution in [-0.2, 0) is 6.54 Å². The third kappa shape index (κ3) is 4.79. The van der Waals surface area contributed by atoms with Gasteiger partial charge in [0, 0.05) is 24.8 Å². The van der Waals surface area contributed by atoms with E-state index in [0.717, 1.165) is 49.5 Å². The Labute approximate surface area is 199 Å². The van der Waals surface area contributed by atoms with Crippen LogP contribution in [0.15, 0.2) is 73.1 Å². The van der Waals surface area contributed by atoms with Gasteiger partial charge in [0.2, 0.25) is 0 Å². The van der Waals surface area contributed by atoms with Crippen LogP contribution in [0.5, 0.6) is 5.75 Å². The Morgan fingerprint density at radius 1 is 1.06 bits per heavy atom. The van der Waals surface area contributed by atoms with E-state index in [-0.39, 0.29) is 5.91 Å². The lowest BCUT2D eigenvalue weighted by molar-refractivity contribution is 0.0936. The summed E-state index contributed by atoms with van der Waals surface area (Å²) in [6.07, 6.45) is 5.49. The molecule has 1 saturated heterocycles. The van der Waals surface area contributed by atoms with Gasteiger partial charge in [-0.15, -0.1) is 0 Å². The molecule has 174 valence electrons. The maximum atomic E-state index is 12.9. The van der Waals surface area contributed by atoms with Crippen LogP contribution in [0.1, 0.15) is 28.8 Å². The van der Waals surface area contributed by atoms with Crippen molar-refractivity contribution >= 4 is 11.6 Å². The largest absolute Gasteiger partial charge is 0.497 e. The molecule has 0 aliphatic carbocycles. The molecule has 1 amide bonds. The molecule has 1 aliphatic heterocycles. The fraction of sp³-hybridized carbons (Fsp3) is 0.296. The monoisotopic (exact) mass is 455 g/mol. The zero-order valence-corrected chi connectivity index (χ0v) is 19.4. The Morgan fingerprint density at radius 2 is 1.82 bits per heavy atom. The van der Waals surface area contributed by atoms with E-state index in [1.807, 2.05) is 48.5 Å². The van der Waals surface area contributed by atoms with Gasteiger partial charge in [0.25, 0.3) is 5.91 Å². The molecule has 0 spiro atoms. The molecule has 1 fully saturated rings. The van der Waals surface area contributed by atoms with Crippen molar-refractivity contribution in [2.24, 2.45) is 5.92 Å². The second kappa shape index (κ2) is 10.1. The van der Waals surface area contributed by atoms with Gasteiger partial charge in [0.15, 0.2) is 5.65 Å². The number of rotatable bonds is 7. The Morgan fingerprint density at radius 3 is 2.56 bits per heavy atom. The first-order valence-electron chi connectivity index (χ1n) is 11.7. The van der Waals surface area contributed by atoms with E-state index >= 15 is 0 Å². The third-order valence-corrected chi connectivity index (χ3v) is 6.54. The van der Waals surface area contributed by atoms with Gasteiger partial charge in [-0.25, -0.2) is 9.50 Å². The summed E-state index contributed by atoms with van der Waals surface area (Å²) in [6, 6.07) is 20.2. The Hall–Kier alpha value is -3.71. The summed E-state index contributed by atoms with van der Waals surface area (Å²) >= 11 is 0. The number of fused-ring (bicyclic) bond motifs is 1. The number of nitrogens with zero attached hydrogens (tertiary/aromatic N) is 4. The first-order chi connectivity index (χ1) is 16.7. The summed E-state index contributed by atoms with van der Waals surface area (Å²) in [5.74, 6) is 1.25. The molecular formula is C27H29N5O2. The minimum atomic E-state index is -0.117. The molecule has 1 N–H and O–H groups in total. The summed E-state index contributed by atoms with van der Waals surface area (Å²) in [5, 5.41) is 7.57. The number of likely N-dealkylation sites (tertiary alicyclic amines) is 1. The Balaban J connectivity index is 1.16. The summed E-state index contributed by atoms with van der Waals surface area (Å²) in [7, 11) is 1.69. The van der Waals surface area contributed by atoms with Gasteiger partial charge >= 0.3 is 0 Å². The molecule has 5 rings (SSSR count). The smallest absolute Gasteiger partial charge is 0.256 e. The number of nitrogens with one attached hydrogen (secondary N) is 1. The lowest BCUT2D eigenvalue weighted by Gasteiger charge is -2.32. The predicted octanol–water partition coefficient (Wildman–Crippen LogP) is 4.05. The van der Waals surface area contributed by atoms with E-state index in [9.17, 15) is 4.79 Å². The molecule has 0 radical (unpaired) electrons.